The van der Waals surface area contributed by atoms with Crippen LogP contribution >= 0.6 is 0 Å². The number of morpholine rings is 1. The van der Waals surface area contributed by atoms with Crippen LogP contribution in [0, 0.1) is 6.92 Å². The second-order valence-corrected chi connectivity index (χ2v) is 10.1. The number of amides is 1. The average molecular weight is 453 g/mol. The minimum Gasteiger partial charge on any atom is -0.452 e. The van der Waals surface area contributed by atoms with E-state index in [2.05, 4.69) is 5.32 Å². The number of carbonyl (C=O) groups excluding carboxylic acids is 2. The third-order valence-electron chi connectivity index (χ3n) is 5.84. The molecule has 1 heterocycles. The molecule has 0 bridgehead atoms. The lowest BCUT2D eigenvalue weighted by atomic mass is 9.97. The van der Waals surface area contributed by atoms with E-state index in [4.69, 9.17) is 9.47 Å². The maximum Gasteiger partial charge on any atom is 0.338 e. The minimum absolute atomic E-state index is 0.0333. The van der Waals surface area contributed by atoms with Crippen molar-refractivity contribution >= 4 is 21.9 Å². The van der Waals surface area contributed by atoms with E-state index in [1.54, 1.807) is 13.0 Å². The first-order valence-electron chi connectivity index (χ1n) is 11.0. The van der Waals surface area contributed by atoms with Crippen molar-refractivity contribution in [2.45, 2.75) is 62.8 Å². The van der Waals surface area contributed by atoms with E-state index in [0.29, 0.717) is 18.8 Å². The predicted octanol–water partition coefficient (Wildman–Crippen LogP) is 2.40. The van der Waals surface area contributed by atoms with Crippen molar-refractivity contribution in [3.63, 3.8) is 0 Å². The standard InChI is InChI=1S/C22H32N2O6S/c1-17-9-10-19(31(27,28)24-11-13-29-14-12-24)15-20(17)22(26)30-16-21(25)23-18-7-5-3-2-4-6-8-18/h9-10,15,18H,2-8,11-14,16H2,1H3,(H,23,25). The highest BCUT2D eigenvalue weighted by Crippen LogP contribution is 2.21. The third kappa shape index (κ3) is 6.51. The average Bonchev–Trinajstić information content (AvgIpc) is 2.74. The van der Waals surface area contributed by atoms with Gasteiger partial charge < -0.3 is 14.8 Å². The van der Waals surface area contributed by atoms with Gasteiger partial charge in [-0.3, -0.25) is 4.79 Å². The molecule has 2 fully saturated rings. The molecule has 1 aromatic carbocycles. The highest BCUT2D eigenvalue weighted by atomic mass is 32.2. The van der Waals surface area contributed by atoms with Crippen LogP contribution in [-0.4, -0.2) is 63.6 Å². The Morgan fingerprint density at radius 1 is 1.10 bits per heavy atom. The van der Waals surface area contributed by atoms with Gasteiger partial charge in [-0.15, -0.1) is 0 Å². The fraction of sp³-hybridized carbons (Fsp3) is 0.636. The van der Waals surface area contributed by atoms with Crippen molar-refractivity contribution in [3.8, 4) is 0 Å². The maximum atomic E-state index is 12.9. The zero-order valence-electron chi connectivity index (χ0n) is 18.1. The summed E-state index contributed by atoms with van der Waals surface area (Å²) in [4.78, 5) is 24.9. The zero-order chi connectivity index (χ0) is 22.3. The van der Waals surface area contributed by atoms with Crippen molar-refractivity contribution in [1.82, 2.24) is 9.62 Å². The largest absolute Gasteiger partial charge is 0.452 e. The Morgan fingerprint density at radius 2 is 1.74 bits per heavy atom. The van der Waals surface area contributed by atoms with Crippen molar-refractivity contribution in [2.24, 2.45) is 0 Å². The van der Waals surface area contributed by atoms with E-state index in [0.717, 1.165) is 25.7 Å². The van der Waals surface area contributed by atoms with E-state index in [1.807, 2.05) is 0 Å². The summed E-state index contributed by atoms with van der Waals surface area (Å²) in [6, 6.07) is 4.52. The third-order valence-corrected chi connectivity index (χ3v) is 7.74. The van der Waals surface area contributed by atoms with Crippen LogP contribution in [0.4, 0.5) is 0 Å². The molecule has 1 N–H and O–H groups in total. The van der Waals surface area contributed by atoms with Gasteiger partial charge >= 0.3 is 5.97 Å². The summed E-state index contributed by atoms with van der Waals surface area (Å²) in [6.07, 6.45) is 7.69. The van der Waals surface area contributed by atoms with Crippen LogP contribution in [0.25, 0.3) is 0 Å². The van der Waals surface area contributed by atoms with E-state index in [9.17, 15) is 18.0 Å². The molecule has 2 aliphatic rings. The van der Waals surface area contributed by atoms with Gasteiger partial charge in [-0.25, -0.2) is 13.2 Å². The van der Waals surface area contributed by atoms with Crippen LogP contribution in [0.5, 0.6) is 0 Å². The lowest BCUT2D eigenvalue weighted by Crippen LogP contribution is -2.40. The minimum atomic E-state index is -3.73. The molecule has 1 aliphatic heterocycles. The smallest absolute Gasteiger partial charge is 0.338 e. The quantitative estimate of drug-likeness (QED) is 0.665. The molecule has 0 radical (unpaired) electrons. The van der Waals surface area contributed by atoms with E-state index >= 15 is 0 Å². The van der Waals surface area contributed by atoms with Gasteiger partial charge in [-0.1, -0.05) is 38.2 Å². The molecule has 9 heteroatoms. The molecule has 1 saturated carbocycles. The van der Waals surface area contributed by atoms with E-state index in [-0.39, 0.29) is 42.1 Å². The summed E-state index contributed by atoms with van der Waals surface area (Å²) in [5.41, 5.74) is 0.736. The maximum absolute atomic E-state index is 12.9. The first kappa shape index (κ1) is 23.7. The summed E-state index contributed by atoms with van der Waals surface area (Å²) in [6.45, 7) is 2.56. The van der Waals surface area contributed by atoms with E-state index < -0.39 is 16.0 Å². The predicted molar refractivity (Wildman–Crippen MR) is 115 cm³/mol. The van der Waals surface area contributed by atoms with Gasteiger partial charge in [-0.2, -0.15) is 4.31 Å². The van der Waals surface area contributed by atoms with Gasteiger partial charge in [0, 0.05) is 19.1 Å². The molecule has 3 rings (SSSR count). The number of ether oxygens (including phenoxy) is 2. The molecule has 0 aromatic heterocycles. The van der Waals surface area contributed by atoms with Gasteiger partial charge in [0.15, 0.2) is 6.61 Å². The first-order chi connectivity index (χ1) is 14.9. The monoisotopic (exact) mass is 452 g/mol. The van der Waals surface area contributed by atoms with Gasteiger partial charge in [0.05, 0.1) is 23.7 Å². The highest BCUT2D eigenvalue weighted by molar-refractivity contribution is 7.89. The van der Waals surface area contributed by atoms with Crippen molar-refractivity contribution in [1.29, 1.82) is 0 Å². The number of aryl methyl sites for hydroxylation is 1. The molecule has 0 atom stereocenters. The molecule has 31 heavy (non-hydrogen) atoms. The number of rotatable bonds is 6. The number of nitrogens with zero attached hydrogens (tertiary/aromatic N) is 1. The Hall–Kier alpha value is -1.97. The highest BCUT2D eigenvalue weighted by Gasteiger charge is 2.27. The van der Waals surface area contributed by atoms with Gasteiger partial charge in [0.1, 0.15) is 0 Å². The summed E-state index contributed by atoms with van der Waals surface area (Å²) >= 11 is 0. The zero-order valence-corrected chi connectivity index (χ0v) is 18.9. The lowest BCUT2D eigenvalue weighted by molar-refractivity contribution is -0.125. The number of hydrogen-bond acceptors (Lipinski definition) is 6. The van der Waals surface area contributed by atoms with E-state index in [1.165, 1.54) is 35.7 Å². The second-order valence-electron chi connectivity index (χ2n) is 8.18. The van der Waals surface area contributed by atoms with Crippen LogP contribution in [0.15, 0.2) is 23.1 Å². The Balaban J connectivity index is 1.60. The molecule has 1 aromatic rings. The molecule has 8 nitrogen and oxygen atoms in total. The van der Waals surface area contributed by atoms with Crippen LogP contribution in [0.3, 0.4) is 0 Å². The number of carbonyl (C=O) groups is 2. The molecule has 1 amide bonds. The van der Waals surface area contributed by atoms with Crippen molar-refractivity contribution in [2.75, 3.05) is 32.9 Å². The molecule has 0 spiro atoms. The summed E-state index contributed by atoms with van der Waals surface area (Å²) in [5, 5.41) is 2.96. The van der Waals surface area contributed by atoms with Crippen molar-refractivity contribution in [3.05, 3.63) is 29.3 Å². The number of nitrogens with one attached hydrogen (secondary N) is 1. The Labute approximate surface area is 184 Å². The lowest BCUT2D eigenvalue weighted by Gasteiger charge is -2.26. The molecule has 172 valence electrons. The number of benzene rings is 1. The topological polar surface area (TPSA) is 102 Å². The second kappa shape index (κ2) is 11.1. The Kier molecular flexibility index (Phi) is 8.45. The molecule has 0 unspecified atom stereocenters. The number of esters is 1. The first-order valence-corrected chi connectivity index (χ1v) is 12.5. The summed E-state index contributed by atoms with van der Waals surface area (Å²) in [7, 11) is -3.73. The van der Waals surface area contributed by atoms with Gasteiger partial charge in [0.2, 0.25) is 10.0 Å². The fourth-order valence-electron chi connectivity index (χ4n) is 4.00. The number of sulfonamides is 1. The summed E-state index contributed by atoms with van der Waals surface area (Å²) < 4.78 is 37.5. The van der Waals surface area contributed by atoms with Gasteiger partial charge in [0.25, 0.3) is 5.91 Å². The van der Waals surface area contributed by atoms with Crippen molar-refractivity contribution < 1.29 is 27.5 Å². The molecule has 1 aliphatic carbocycles. The fourth-order valence-corrected chi connectivity index (χ4v) is 5.43. The van der Waals surface area contributed by atoms with Crippen LogP contribution in [-0.2, 0) is 24.3 Å². The van der Waals surface area contributed by atoms with Gasteiger partial charge in [-0.05, 0) is 37.5 Å². The SMILES string of the molecule is Cc1ccc(S(=O)(=O)N2CCOCC2)cc1C(=O)OCC(=O)NC1CCCCCCC1. The summed E-state index contributed by atoms with van der Waals surface area (Å²) in [5.74, 6) is -1.03. The Bertz CT molecular complexity index is 872. The normalized spacial score (nSPS) is 19.3. The molecular formula is C22H32N2O6S. The Morgan fingerprint density at radius 3 is 2.42 bits per heavy atom. The van der Waals surface area contributed by atoms with Crippen LogP contribution < -0.4 is 5.32 Å². The molecular weight excluding hydrogens is 420 g/mol. The van der Waals surface area contributed by atoms with Crippen LogP contribution in [0.2, 0.25) is 0 Å². The molecule has 1 saturated heterocycles. The van der Waals surface area contributed by atoms with Crippen LogP contribution in [0.1, 0.15) is 60.9 Å². The number of hydrogen-bond donors (Lipinski definition) is 1.